The van der Waals surface area contributed by atoms with Gasteiger partial charge in [-0.25, -0.2) is 9.97 Å². The monoisotopic (exact) mass is 246 g/mol. The van der Waals surface area contributed by atoms with Crippen LogP contribution in [-0.2, 0) is 20.0 Å². The molecule has 0 radical (unpaired) electrons. The van der Waals surface area contributed by atoms with Gasteiger partial charge in [0.1, 0.15) is 17.5 Å². The van der Waals surface area contributed by atoms with E-state index >= 15 is 0 Å². The zero-order chi connectivity index (χ0) is 13.0. The molecule has 96 valence electrons. The normalized spacial score (nSPS) is 10.4. The SMILES string of the molecule is CCc1nc(NC)cc(NCc2ccn(C)n2)n1. The minimum Gasteiger partial charge on any atom is -0.373 e. The van der Waals surface area contributed by atoms with Gasteiger partial charge in [0.05, 0.1) is 12.2 Å². The molecule has 0 aliphatic heterocycles. The smallest absolute Gasteiger partial charge is 0.132 e. The summed E-state index contributed by atoms with van der Waals surface area (Å²) in [5.74, 6) is 2.47. The van der Waals surface area contributed by atoms with E-state index in [0.29, 0.717) is 6.54 Å². The first kappa shape index (κ1) is 12.3. The van der Waals surface area contributed by atoms with Crippen molar-refractivity contribution in [3.05, 3.63) is 29.8 Å². The zero-order valence-corrected chi connectivity index (χ0v) is 10.9. The van der Waals surface area contributed by atoms with E-state index in [1.165, 1.54) is 0 Å². The molecule has 2 aromatic rings. The lowest BCUT2D eigenvalue weighted by Crippen LogP contribution is -2.07. The molecule has 0 amide bonds. The molecule has 2 N–H and O–H groups in total. The summed E-state index contributed by atoms with van der Waals surface area (Å²) in [7, 11) is 3.76. The first-order valence-corrected chi connectivity index (χ1v) is 5.99. The lowest BCUT2D eigenvalue weighted by molar-refractivity contribution is 0.746. The van der Waals surface area contributed by atoms with Gasteiger partial charge in [0, 0.05) is 32.8 Å². The Hall–Kier alpha value is -2.11. The van der Waals surface area contributed by atoms with Crippen molar-refractivity contribution >= 4 is 11.6 Å². The van der Waals surface area contributed by atoms with Crippen molar-refractivity contribution in [2.75, 3.05) is 17.7 Å². The second-order valence-electron chi connectivity index (χ2n) is 3.99. The minimum absolute atomic E-state index is 0.657. The predicted molar refractivity (Wildman–Crippen MR) is 71.5 cm³/mol. The largest absolute Gasteiger partial charge is 0.373 e. The molecule has 0 saturated carbocycles. The van der Waals surface area contributed by atoms with E-state index in [9.17, 15) is 0 Å². The molecule has 0 bridgehead atoms. The number of hydrogen-bond donors (Lipinski definition) is 2. The highest BCUT2D eigenvalue weighted by atomic mass is 15.3. The van der Waals surface area contributed by atoms with Crippen LogP contribution in [-0.4, -0.2) is 26.8 Å². The van der Waals surface area contributed by atoms with E-state index in [1.807, 2.05) is 39.3 Å². The van der Waals surface area contributed by atoms with Gasteiger partial charge in [-0.15, -0.1) is 0 Å². The van der Waals surface area contributed by atoms with E-state index in [4.69, 9.17) is 0 Å². The molecule has 0 fully saturated rings. The number of nitrogens with zero attached hydrogens (tertiary/aromatic N) is 4. The van der Waals surface area contributed by atoms with Crippen molar-refractivity contribution < 1.29 is 0 Å². The van der Waals surface area contributed by atoms with Gasteiger partial charge < -0.3 is 10.6 Å². The van der Waals surface area contributed by atoms with E-state index in [-0.39, 0.29) is 0 Å². The first-order valence-electron chi connectivity index (χ1n) is 5.99. The molecular weight excluding hydrogens is 228 g/mol. The first-order chi connectivity index (χ1) is 8.71. The van der Waals surface area contributed by atoms with Gasteiger partial charge in [0.25, 0.3) is 0 Å². The Morgan fingerprint density at radius 1 is 1.28 bits per heavy atom. The maximum atomic E-state index is 4.42. The standard InChI is InChI=1S/C12H18N6/c1-4-10-15-11(13-2)7-12(16-10)14-8-9-5-6-18(3)17-9/h5-7H,4,8H2,1-3H3,(H2,13,14,15,16). The maximum Gasteiger partial charge on any atom is 0.132 e. The van der Waals surface area contributed by atoms with E-state index in [1.54, 1.807) is 4.68 Å². The molecule has 0 aromatic carbocycles. The summed E-state index contributed by atoms with van der Waals surface area (Å²) in [4.78, 5) is 8.77. The summed E-state index contributed by atoms with van der Waals surface area (Å²) < 4.78 is 1.79. The Morgan fingerprint density at radius 2 is 2.06 bits per heavy atom. The highest BCUT2D eigenvalue weighted by molar-refractivity contribution is 5.47. The average Bonchev–Trinajstić information content (AvgIpc) is 2.81. The Bertz CT molecular complexity index is 497. The van der Waals surface area contributed by atoms with Crippen LogP contribution >= 0.6 is 0 Å². The molecule has 6 heteroatoms. The highest BCUT2D eigenvalue weighted by Gasteiger charge is 2.03. The van der Waals surface area contributed by atoms with Crippen LogP contribution in [0.3, 0.4) is 0 Å². The third-order valence-corrected chi connectivity index (χ3v) is 2.56. The van der Waals surface area contributed by atoms with Crippen LogP contribution in [0.25, 0.3) is 0 Å². The summed E-state index contributed by atoms with van der Waals surface area (Å²) in [6.45, 7) is 2.70. The summed E-state index contributed by atoms with van der Waals surface area (Å²) in [5, 5.41) is 10.6. The van der Waals surface area contributed by atoms with E-state index in [2.05, 4.69) is 25.7 Å². The van der Waals surface area contributed by atoms with Crippen molar-refractivity contribution in [3.63, 3.8) is 0 Å². The molecule has 18 heavy (non-hydrogen) atoms. The average molecular weight is 246 g/mol. The summed E-state index contributed by atoms with van der Waals surface area (Å²) in [6.07, 6.45) is 2.74. The third kappa shape index (κ3) is 2.97. The van der Waals surface area contributed by atoms with Crippen molar-refractivity contribution in [1.29, 1.82) is 0 Å². The van der Waals surface area contributed by atoms with Crippen LogP contribution in [0.5, 0.6) is 0 Å². The van der Waals surface area contributed by atoms with Crippen molar-refractivity contribution in [3.8, 4) is 0 Å². The lowest BCUT2D eigenvalue weighted by atomic mass is 10.4. The second kappa shape index (κ2) is 5.48. The van der Waals surface area contributed by atoms with Crippen LogP contribution in [0.1, 0.15) is 18.4 Å². The van der Waals surface area contributed by atoms with Gasteiger partial charge in [-0.1, -0.05) is 6.92 Å². The molecule has 0 saturated heterocycles. The molecule has 2 heterocycles. The molecule has 0 aliphatic carbocycles. The number of anilines is 2. The van der Waals surface area contributed by atoms with Crippen molar-refractivity contribution in [2.24, 2.45) is 7.05 Å². The van der Waals surface area contributed by atoms with Crippen molar-refractivity contribution in [1.82, 2.24) is 19.7 Å². The Kier molecular flexibility index (Phi) is 3.76. The lowest BCUT2D eigenvalue weighted by Gasteiger charge is -2.08. The topological polar surface area (TPSA) is 67.7 Å². The van der Waals surface area contributed by atoms with Gasteiger partial charge in [0.2, 0.25) is 0 Å². The predicted octanol–water partition coefficient (Wildman–Crippen LogP) is 1.43. The number of rotatable bonds is 5. The summed E-state index contributed by atoms with van der Waals surface area (Å²) in [6, 6.07) is 3.87. The quantitative estimate of drug-likeness (QED) is 0.835. The Morgan fingerprint density at radius 3 is 2.67 bits per heavy atom. The second-order valence-corrected chi connectivity index (χ2v) is 3.99. The summed E-state index contributed by atoms with van der Waals surface area (Å²) >= 11 is 0. The van der Waals surface area contributed by atoms with Gasteiger partial charge in [-0.3, -0.25) is 4.68 Å². The minimum atomic E-state index is 0.657. The van der Waals surface area contributed by atoms with Crippen LogP contribution in [0, 0.1) is 0 Å². The van der Waals surface area contributed by atoms with Gasteiger partial charge in [-0.2, -0.15) is 5.10 Å². The molecule has 6 nitrogen and oxygen atoms in total. The molecule has 2 aromatic heterocycles. The number of hydrogen-bond acceptors (Lipinski definition) is 5. The highest BCUT2D eigenvalue weighted by Crippen LogP contribution is 2.12. The van der Waals surface area contributed by atoms with E-state index in [0.717, 1.165) is 29.6 Å². The fraction of sp³-hybridized carbons (Fsp3) is 0.417. The fourth-order valence-corrected chi connectivity index (χ4v) is 1.61. The van der Waals surface area contributed by atoms with E-state index < -0.39 is 0 Å². The Labute approximate surface area is 106 Å². The number of aromatic nitrogens is 4. The van der Waals surface area contributed by atoms with Crippen LogP contribution < -0.4 is 10.6 Å². The van der Waals surface area contributed by atoms with Crippen LogP contribution in [0.4, 0.5) is 11.6 Å². The molecule has 0 aliphatic rings. The van der Waals surface area contributed by atoms with Crippen LogP contribution in [0.15, 0.2) is 18.3 Å². The van der Waals surface area contributed by atoms with Crippen molar-refractivity contribution in [2.45, 2.75) is 19.9 Å². The number of aryl methyl sites for hydroxylation is 2. The molecular formula is C12H18N6. The third-order valence-electron chi connectivity index (χ3n) is 2.56. The van der Waals surface area contributed by atoms with Gasteiger partial charge >= 0.3 is 0 Å². The molecule has 0 atom stereocenters. The zero-order valence-electron chi connectivity index (χ0n) is 10.9. The molecule has 0 unspecified atom stereocenters. The maximum absolute atomic E-state index is 4.42. The molecule has 2 rings (SSSR count). The van der Waals surface area contributed by atoms with Gasteiger partial charge in [0.15, 0.2) is 0 Å². The number of nitrogens with one attached hydrogen (secondary N) is 2. The van der Waals surface area contributed by atoms with Gasteiger partial charge in [-0.05, 0) is 6.07 Å². The Balaban J connectivity index is 2.08. The summed E-state index contributed by atoms with van der Waals surface area (Å²) in [5.41, 5.74) is 0.986. The molecule has 0 spiro atoms. The van der Waals surface area contributed by atoms with Crippen LogP contribution in [0.2, 0.25) is 0 Å². The fourth-order valence-electron chi connectivity index (χ4n) is 1.61.